The molecule has 0 aliphatic carbocycles. The van der Waals surface area contributed by atoms with Gasteiger partial charge in [-0.2, -0.15) is 0 Å². The van der Waals surface area contributed by atoms with Crippen molar-refractivity contribution in [3.63, 3.8) is 0 Å². The molecule has 2 heterocycles. The van der Waals surface area contributed by atoms with E-state index in [9.17, 15) is 9.59 Å². The van der Waals surface area contributed by atoms with Gasteiger partial charge >= 0.3 is 0 Å². The molecular formula is C27H22ClNO5. The molecule has 1 unspecified atom stereocenters. The Kier molecular flexibility index (Phi) is 5.75. The lowest BCUT2D eigenvalue weighted by Crippen LogP contribution is -2.31. The number of ether oxygens (including phenoxy) is 2. The standard InChI is InChI=1S/C27H22ClNO5/c1-32-21-12-7-16(15-22(21)33-2)13-14-29-24(17-8-10-18(28)11-9-17)26-23(27(29)31)25(30)19-5-3-4-6-20(19)34-26/h3-12,15,24H,13-14H2,1-2H3. The summed E-state index contributed by atoms with van der Waals surface area (Å²) in [7, 11) is 3.17. The Morgan fingerprint density at radius 1 is 0.941 bits per heavy atom. The molecule has 3 aromatic carbocycles. The smallest absolute Gasteiger partial charge is 0.262 e. The van der Waals surface area contributed by atoms with Crippen LogP contribution in [0.4, 0.5) is 0 Å². The van der Waals surface area contributed by atoms with Gasteiger partial charge in [-0.1, -0.05) is 41.9 Å². The molecule has 1 aromatic heterocycles. The van der Waals surface area contributed by atoms with Crippen molar-refractivity contribution in [2.45, 2.75) is 12.5 Å². The van der Waals surface area contributed by atoms with Crippen molar-refractivity contribution in [1.82, 2.24) is 4.90 Å². The monoisotopic (exact) mass is 475 g/mol. The first kappa shape index (κ1) is 22.0. The van der Waals surface area contributed by atoms with E-state index in [0.717, 1.165) is 11.1 Å². The van der Waals surface area contributed by atoms with Crippen LogP contribution in [-0.2, 0) is 6.42 Å². The van der Waals surface area contributed by atoms with Crippen molar-refractivity contribution in [1.29, 1.82) is 0 Å². The fourth-order valence-corrected chi connectivity index (χ4v) is 4.58. The number of carbonyl (C=O) groups is 1. The molecule has 1 aliphatic heterocycles. The predicted molar refractivity (Wildman–Crippen MR) is 130 cm³/mol. The van der Waals surface area contributed by atoms with Gasteiger partial charge in [-0.15, -0.1) is 0 Å². The van der Waals surface area contributed by atoms with Crippen LogP contribution in [-0.4, -0.2) is 31.6 Å². The number of hydrogen-bond acceptors (Lipinski definition) is 5. The molecule has 1 atom stereocenters. The van der Waals surface area contributed by atoms with Crippen LogP contribution in [0.2, 0.25) is 5.02 Å². The molecule has 172 valence electrons. The van der Waals surface area contributed by atoms with E-state index in [4.69, 9.17) is 25.5 Å². The first-order valence-electron chi connectivity index (χ1n) is 10.8. The van der Waals surface area contributed by atoms with E-state index < -0.39 is 6.04 Å². The largest absolute Gasteiger partial charge is 0.493 e. The van der Waals surface area contributed by atoms with Crippen molar-refractivity contribution in [2.75, 3.05) is 20.8 Å². The number of halogens is 1. The van der Waals surface area contributed by atoms with Gasteiger partial charge in [-0.3, -0.25) is 9.59 Å². The Labute approximate surface area is 201 Å². The summed E-state index contributed by atoms with van der Waals surface area (Å²) in [6, 6.07) is 19.4. The van der Waals surface area contributed by atoms with Gasteiger partial charge < -0.3 is 18.8 Å². The number of hydrogen-bond donors (Lipinski definition) is 0. The van der Waals surface area contributed by atoms with Crippen molar-refractivity contribution < 1.29 is 18.7 Å². The lowest BCUT2D eigenvalue weighted by atomic mass is 10.0. The summed E-state index contributed by atoms with van der Waals surface area (Å²) in [4.78, 5) is 28.5. The normalized spacial score (nSPS) is 15.0. The SMILES string of the molecule is COc1ccc(CCN2C(=O)c3c(oc4ccccc4c3=O)C2c2ccc(Cl)cc2)cc1OC. The van der Waals surface area contributed by atoms with Crippen LogP contribution < -0.4 is 14.9 Å². The average Bonchev–Trinajstić information content (AvgIpc) is 3.14. The van der Waals surface area contributed by atoms with E-state index in [0.29, 0.717) is 46.2 Å². The maximum atomic E-state index is 13.6. The number of nitrogens with zero attached hydrogens (tertiary/aromatic N) is 1. The number of benzene rings is 3. The van der Waals surface area contributed by atoms with E-state index >= 15 is 0 Å². The molecule has 0 bridgehead atoms. The molecule has 1 aliphatic rings. The minimum atomic E-state index is -0.530. The Hall–Kier alpha value is -3.77. The van der Waals surface area contributed by atoms with Gasteiger partial charge in [-0.25, -0.2) is 0 Å². The molecule has 0 N–H and O–H groups in total. The van der Waals surface area contributed by atoms with Crippen LogP contribution in [0.3, 0.4) is 0 Å². The van der Waals surface area contributed by atoms with E-state index in [2.05, 4.69) is 0 Å². The molecular weight excluding hydrogens is 454 g/mol. The zero-order valence-electron chi connectivity index (χ0n) is 18.7. The highest BCUT2D eigenvalue weighted by molar-refractivity contribution is 6.30. The highest BCUT2D eigenvalue weighted by Gasteiger charge is 2.42. The Balaban J connectivity index is 1.57. The first-order valence-corrected chi connectivity index (χ1v) is 11.2. The van der Waals surface area contributed by atoms with Gasteiger partial charge in [0.1, 0.15) is 22.9 Å². The third kappa shape index (κ3) is 3.70. The Bertz CT molecular complexity index is 1440. The zero-order valence-corrected chi connectivity index (χ0v) is 19.5. The lowest BCUT2D eigenvalue weighted by molar-refractivity contribution is 0.0746. The highest BCUT2D eigenvalue weighted by atomic mass is 35.5. The van der Waals surface area contributed by atoms with Gasteiger partial charge in [0, 0.05) is 11.6 Å². The maximum absolute atomic E-state index is 13.6. The fraction of sp³-hybridized carbons (Fsp3) is 0.185. The number of amides is 1. The third-order valence-electron chi connectivity index (χ3n) is 6.13. The van der Waals surface area contributed by atoms with Gasteiger partial charge in [0.05, 0.1) is 19.6 Å². The second-order valence-electron chi connectivity index (χ2n) is 8.06. The molecule has 4 aromatic rings. The zero-order chi connectivity index (χ0) is 23.8. The minimum Gasteiger partial charge on any atom is -0.493 e. The van der Waals surface area contributed by atoms with Crippen LogP contribution in [0.1, 0.15) is 33.3 Å². The minimum absolute atomic E-state index is 0.0889. The second-order valence-corrected chi connectivity index (χ2v) is 8.50. The molecule has 1 amide bonds. The molecule has 0 saturated carbocycles. The van der Waals surface area contributed by atoms with Gasteiger partial charge in [0.25, 0.3) is 5.91 Å². The van der Waals surface area contributed by atoms with Crippen LogP contribution in [0.15, 0.2) is 75.9 Å². The first-order chi connectivity index (χ1) is 16.5. The molecule has 5 rings (SSSR count). The quantitative estimate of drug-likeness (QED) is 0.381. The summed E-state index contributed by atoms with van der Waals surface area (Å²) in [6.45, 7) is 0.377. The van der Waals surface area contributed by atoms with Crippen LogP contribution in [0.25, 0.3) is 11.0 Å². The van der Waals surface area contributed by atoms with Crippen LogP contribution in [0, 0.1) is 0 Å². The number of para-hydroxylation sites is 1. The van der Waals surface area contributed by atoms with Gasteiger partial charge in [-0.05, 0) is 53.9 Å². The third-order valence-corrected chi connectivity index (χ3v) is 6.39. The lowest BCUT2D eigenvalue weighted by Gasteiger charge is -2.25. The van der Waals surface area contributed by atoms with E-state index in [1.165, 1.54) is 0 Å². The van der Waals surface area contributed by atoms with Crippen molar-refractivity contribution in [3.05, 3.63) is 104 Å². The summed E-state index contributed by atoms with van der Waals surface area (Å²) in [5, 5.41) is 0.983. The summed E-state index contributed by atoms with van der Waals surface area (Å²) in [5.41, 5.74) is 2.03. The fourth-order valence-electron chi connectivity index (χ4n) is 4.45. The van der Waals surface area contributed by atoms with Crippen molar-refractivity contribution in [3.8, 4) is 11.5 Å². The van der Waals surface area contributed by atoms with Crippen LogP contribution >= 0.6 is 11.6 Å². The van der Waals surface area contributed by atoms with E-state index in [1.54, 1.807) is 55.5 Å². The van der Waals surface area contributed by atoms with Crippen molar-refractivity contribution in [2.24, 2.45) is 0 Å². The second kappa shape index (κ2) is 8.88. The average molecular weight is 476 g/mol. The molecule has 0 saturated heterocycles. The summed E-state index contributed by atoms with van der Waals surface area (Å²) in [5.74, 6) is 1.28. The Morgan fingerprint density at radius 2 is 1.68 bits per heavy atom. The molecule has 0 spiro atoms. The molecule has 0 fully saturated rings. The number of rotatable bonds is 6. The molecule has 6 nitrogen and oxygen atoms in total. The molecule has 0 radical (unpaired) electrons. The highest BCUT2D eigenvalue weighted by Crippen LogP contribution is 2.39. The van der Waals surface area contributed by atoms with E-state index in [-0.39, 0.29) is 16.9 Å². The number of methoxy groups -OCH3 is 2. The van der Waals surface area contributed by atoms with Crippen molar-refractivity contribution >= 4 is 28.5 Å². The topological polar surface area (TPSA) is 69.0 Å². The number of fused-ring (bicyclic) bond motifs is 2. The predicted octanol–water partition coefficient (Wildman–Crippen LogP) is 5.25. The summed E-state index contributed by atoms with van der Waals surface area (Å²) < 4.78 is 16.9. The molecule has 34 heavy (non-hydrogen) atoms. The summed E-state index contributed by atoms with van der Waals surface area (Å²) >= 11 is 6.11. The summed E-state index contributed by atoms with van der Waals surface area (Å²) in [6.07, 6.45) is 0.553. The van der Waals surface area contributed by atoms with Gasteiger partial charge in [0.15, 0.2) is 11.5 Å². The Morgan fingerprint density at radius 3 is 2.41 bits per heavy atom. The maximum Gasteiger partial charge on any atom is 0.262 e. The van der Waals surface area contributed by atoms with E-state index in [1.807, 2.05) is 30.3 Å². The number of carbonyl (C=O) groups excluding carboxylic acids is 1. The van der Waals surface area contributed by atoms with Gasteiger partial charge in [0.2, 0.25) is 5.43 Å². The molecule has 7 heteroatoms. The van der Waals surface area contributed by atoms with Crippen LogP contribution in [0.5, 0.6) is 11.5 Å².